The van der Waals surface area contributed by atoms with Crippen molar-refractivity contribution < 1.29 is 15.3 Å². The van der Waals surface area contributed by atoms with Crippen LogP contribution in [0.15, 0.2) is 23.3 Å². The van der Waals surface area contributed by atoms with Gasteiger partial charge in [0.05, 0.1) is 18.8 Å². The van der Waals surface area contributed by atoms with E-state index >= 15 is 0 Å². The first-order chi connectivity index (χ1) is 6.56. The Morgan fingerprint density at radius 2 is 2.00 bits per heavy atom. The molecule has 3 heteroatoms. The standard InChI is InChI=1S/C11H18O3/c1-3-9-4-8(6-12)5-10(7-13)11(9,2)14/h4-5,9,12-14H,3,6-7H2,1-2H3. The highest BCUT2D eigenvalue weighted by atomic mass is 16.3. The monoisotopic (exact) mass is 198 g/mol. The molecule has 0 saturated heterocycles. The largest absolute Gasteiger partial charge is 0.392 e. The topological polar surface area (TPSA) is 60.7 Å². The number of hydrogen-bond acceptors (Lipinski definition) is 3. The Hall–Kier alpha value is -0.640. The molecule has 0 aromatic rings. The van der Waals surface area contributed by atoms with Gasteiger partial charge in [0.25, 0.3) is 0 Å². The molecule has 80 valence electrons. The highest BCUT2D eigenvalue weighted by Gasteiger charge is 2.35. The summed E-state index contributed by atoms with van der Waals surface area (Å²) in [6.07, 6.45) is 4.33. The van der Waals surface area contributed by atoms with Crippen molar-refractivity contribution in [2.24, 2.45) is 5.92 Å². The number of aliphatic hydroxyl groups is 3. The SMILES string of the molecule is CCC1C=C(CO)C=C(CO)C1(C)O. The molecule has 0 radical (unpaired) electrons. The van der Waals surface area contributed by atoms with Crippen LogP contribution in [0.1, 0.15) is 20.3 Å². The predicted octanol–water partition coefficient (Wildman–Crippen LogP) is 0.615. The summed E-state index contributed by atoms with van der Waals surface area (Å²) >= 11 is 0. The molecule has 1 aliphatic carbocycles. The average Bonchev–Trinajstić information content (AvgIpc) is 2.17. The molecule has 0 aromatic heterocycles. The first-order valence-corrected chi connectivity index (χ1v) is 4.92. The van der Waals surface area contributed by atoms with Crippen LogP contribution in [0.2, 0.25) is 0 Å². The summed E-state index contributed by atoms with van der Waals surface area (Å²) in [6, 6.07) is 0. The van der Waals surface area contributed by atoms with Gasteiger partial charge in [-0.2, -0.15) is 0 Å². The van der Waals surface area contributed by atoms with Gasteiger partial charge in [0.1, 0.15) is 0 Å². The van der Waals surface area contributed by atoms with E-state index in [0.717, 1.165) is 12.0 Å². The molecule has 2 unspecified atom stereocenters. The van der Waals surface area contributed by atoms with E-state index in [-0.39, 0.29) is 19.1 Å². The third kappa shape index (κ3) is 1.90. The van der Waals surface area contributed by atoms with Gasteiger partial charge in [0.15, 0.2) is 0 Å². The Kier molecular flexibility index (Phi) is 3.48. The lowest BCUT2D eigenvalue weighted by molar-refractivity contribution is 0.0396. The van der Waals surface area contributed by atoms with Crippen molar-refractivity contribution in [1.82, 2.24) is 0 Å². The first-order valence-electron chi connectivity index (χ1n) is 4.92. The lowest BCUT2D eigenvalue weighted by Gasteiger charge is -2.35. The molecular weight excluding hydrogens is 180 g/mol. The maximum Gasteiger partial charge on any atom is 0.0916 e. The summed E-state index contributed by atoms with van der Waals surface area (Å²) < 4.78 is 0. The van der Waals surface area contributed by atoms with Crippen LogP contribution in [0.3, 0.4) is 0 Å². The molecular formula is C11H18O3. The molecule has 14 heavy (non-hydrogen) atoms. The van der Waals surface area contributed by atoms with Gasteiger partial charge in [0, 0.05) is 5.92 Å². The lowest BCUT2D eigenvalue weighted by atomic mass is 9.76. The summed E-state index contributed by atoms with van der Waals surface area (Å²) in [6.45, 7) is 3.47. The third-order valence-electron chi connectivity index (χ3n) is 2.94. The van der Waals surface area contributed by atoms with Crippen molar-refractivity contribution in [2.45, 2.75) is 25.9 Å². The highest BCUT2D eigenvalue weighted by molar-refractivity contribution is 5.36. The summed E-state index contributed by atoms with van der Waals surface area (Å²) in [5.41, 5.74) is 0.366. The molecule has 0 fully saturated rings. The van der Waals surface area contributed by atoms with Gasteiger partial charge < -0.3 is 15.3 Å². The van der Waals surface area contributed by atoms with E-state index in [1.54, 1.807) is 13.0 Å². The van der Waals surface area contributed by atoms with Crippen molar-refractivity contribution in [3.8, 4) is 0 Å². The fourth-order valence-electron chi connectivity index (χ4n) is 1.90. The van der Waals surface area contributed by atoms with E-state index in [0.29, 0.717) is 5.57 Å². The van der Waals surface area contributed by atoms with Crippen molar-refractivity contribution in [1.29, 1.82) is 0 Å². The van der Waals surface area contributed by atoms with Gasteiger partial charge in [-0.05, 0) is 24.5 Å². The fourth-order valence-corrected chi connectivity index (χ4v) is 1.90. The number of hydrogen-bond donors (Lipinski definition) is 3. The lowest BCUT2D eigenvalue weighted by Crippen LogP contribution is -2.39. The first kappa shape index (κ1) is 11.4. The van der Waals surface area contributed by atoms with Crippen molar-refractivity contribution >= 4 is 0 Å². The smallest absolute Gasteiger partial charge is 0.0916 e. The Morgan fingerprint density at radius 1 is 1.36 bits per heavy atom. The van der Waals surface area contributed by atoms with Gasteiger partial charge in [-0.25, -0.2) is 0 Å². The number of aliphatic hydroxyl groups excluding tert-OH is 2. The summed E-state index contributed by atoms with van der Waals surface area (Å²) in [5.74, 6) is -0.0307. The maximum atomic E-state index is 10.2. The van der Waals surface area contributed by atoms with Gasteiger partial charge in [-0.15, -0.1) is 0 Å². The molecule has 1 rings (SSSR count). The van der Waals surface area contributed by atoms with E-state index in [9.17, 15) is 5.11 Å². The van der Waals surface area contributed by atoms with E-state index in [1.807, 2.05) is 13.0 Å². The van der Waals surface area contributed by atoms with Crippen LogP contribution < -0.4 is 0 Å². The molecule has 0 amide bonds. The molecule has 0 heterocycles. The predicted molar refractivity (Wildman–Crippen MR) is 54.7 cm³/mol. The second-order valence-electron chi connectivity index (χ2n) is 3.89. The Morgan fingerprint density at radius 3 is 2.43 bits per heavy atom. The zero-order chi connectivity index (χ0) is 10.8. The molecule has 0 saturated carbocycles. The molecule has 2 atom stereocenters. The van der Waals surface area contributed by atoms with Crippen molar-refractivity contribution in [2.75, 3.05) is 13.2 Å². The highest BCUT2D eigenvalue weighted by Crippen LogP contribution is 2.34. The van der Waals surface area contributed by atoms with Crippen LogP contribution in [-0.2, 0) is 0 Å². The molecule has 3 N–H and O–H groups in total. The Labute approximate surface area is 84.4 Å². The minimum Gasteiger partial charge on any atom is -0.392 e. The minimum atomic E-state index is -0.984. The summed E-state index contributed by atoms with van der Waals surface area (Å²) in [7, 11) is 0. The summed E-state index contributed by atoms with van der Waals surface area (Å²) in [5, 5.41) is 28.3. The second kappa shape index (κ2) is 4.26. The normalized spacial score (nSPS) is 32.5. The fraction of sp³-hybridized carbons (Fsp3) is 0.636. The second-order valence-corrected chi connectivity index (χ2v) is 3.89. The third-order valence-corrected chi connectivity index (χ3v) is 2.94. The van der Waals surface area contributed by atoms with Crippen LogP contribution in [-0.4, -0.2) is 34.1 Å². The molecule has 3 nitrogen and oxygen atoms in total. The maximum absolute atomic E-state index is 10.2. The molecule has 1 aliphatic rings. The van der Waals surface area contributed by atoms with Gasteiger partial charge >= 0.3 is 0 Å². The summed E-state index contributed by atoms with van der Waals surface area (Å²) in [4.78, 5) is 0. The van der Waals surface area contributed by atoms with Crippen molar-refractivity contribution in [3.05, 3.63) is 23.3 Å². The molecule has 0 spiro atoms. The van der Waals surface area contributed by atoms with E-state index in [2.05, 4.69) is 0 Å². The van der Waals surface area contributed by atoms with Crippen LogP contribution in [0, 0.1) is 5.92 Å². The van der Waals surface area contributed by atoms with Gasteiger partial charge in [0.2, 0.25) is 0 Å². The van der Waals surface area contributed by atoms with Crippen LogP contribution in [0.25, 0.3) is 0 Å². The molecule has 0 aliphatic heterocycles. The zero-order valence-corrected chi connectivity index (χ0v) is 8.70. The quantitative estimate of drug-likeness (QED) is 0.623. The molecule has 0 bridgehead atoms. The van der Waals surface area contributed by atoms with Gasteiger partial charge in [-0.1, -0.05) is 19.1 Å². The van der Waals surface area contributed by atoms with Crippen LogP contribution in [0.4, 0.5) is 0 Å². The zero-order valence-electron chi connectivity index (χ0n) is 8.70. The minimum absolute atomic E-state index is 0.0307. The van der Waals surface area contributed by atoms with Crippen LogP contribution in [0.5, 0.6) is 0 Å². The molecule has 0 aromatic carbocycles. The van der Waals surface area contributed by atoms with E-state index in [1.165, 1.54) is 0 Å². The Balaban J connectivity index is 3.03. The van der Waals surface area contributed by atoms with E-state index in [4.69, 9.17) is 10.2 Å². The van der Waals surface area contributed by atoms with E-state index < -0.39 is 5.60 Å². The Bertz CT molecular complexity index is 264. The van der Waals surface area contributed by atoms with Crippen molar-refractivity contribution in [3.63, 3.8) is 0 Å². The van der Waals surface area contributed by atoms with Gasteiger partial charge in [-0.3, -0.25) is 0 Å². The average molecular weight is 198 g/mol. The van der Waals surface area contributed by atoms with Crippen LogP contribution >= 0.6 is 0 Å². The number of rotatable bonds is 3.